The van der Waals surface area contributed by atoms with Gasteiger partial charge in [0.1, 0.15) is 0 Å². The van der Waals surface area contributed by atoms with E-state index in [0.29, 0.717) is 0 Å². The molecule has 0 saturated carbocycles. The molecule has 1 aromatic carbocycles. The van der Waals surface area contributed by atoms with Crippen molar-refractivity contribution < 1.29 is 6.22 Å². The van der Waals surface area contributed by atoms with Crippen LogP contribution in [0.2, 0.25) is 0 Å². The molecule has 0 bridgehead atoms. The molecule has 0 aliphatic rings. The molecule has 0 amide bonds. The van der Waals surface area contributed by atoms with Crippen molar-refractivity contribution in [2.45, 2.75) is 6.92 Å². The van der Waals surface area contributed by atoms with Gasteiger partial charge in [0, 0.05) is 6.99 Å². The van der Waals surface area contributed by atoms with E-state index in [-0.39, 0.29) is 7.21 Å². The lowest BCUT2D eigenvalue weighted by Gasteiger charge is -1.89. The van der Waals surface area contributed by atoms with E-state index in [9.17, 15) is 4.79 Å². The number of rotatable bonds is 1. The highest BCUT2D eigenvalue weighted by molar-refractivity contribution is 5.93. The molecule has 1 nitrogen and oxygen atoms in total. The van der Waals surface area contributed by atoms with Gasteiger partial charge in [-0.15, -0.1) is 0 Å². The van der Waals surface area contributed by atoms with Gasteiger partial charge < -0.3 is 0 Å². The Hall–Kier alpha value is -1.11. The maximum Gasteiger partial charge on any atom is 0.159 e. The first kappa shape index (κ1) is 6.02. The first-order valence-electron chi connectivity index (χ1n) is 2.86. The average molecular weight is 122 g/mol. The van der Waals surface area contributed by atoms with Gasteiger partial charge in [0.15, 0.2) is 5.78 Å². The summed E-state index contributed by atoms with van der Waals surface area (Å²) in [5.74, 6) is 0.121. The maximum atomic E-state index is 10.6. The lowest BCUT2D eigenvalue weighted by atomic mass is 10.2. The summed E-state index contributed by atoms with van der Waals surface area (Å²) in [6.07, 6.45) is 0. The smallest absolute Gasteiger partial charge is 0.159 e. The first-order valence-corrected chi connectivity index (χ1v) is 2.86. The lowest BCUT2D eigenvalue weighted by molar-refractivity contribution is 0.101. The number of hydrogen-bond donors (Lipinski definition) is 0. The van der Waals surface area contributed by atoms with Crippen LogP contribution in [0, 0.1) is 0 Å². The summed E-state index contributed by atoms with van der Waals surface area (Å²) in [6.45, 7) is 1.56. The van der Waals surface area contributed by atoms with E-state index in [4.69, 9.17) is 0 Å². The van der Waals surface area contributed by atoms with E-state index in [1.54, 1.807) is 6.92 Å². The van der Waals surface area contributed by atoms with Gasteiger partial charge in [0.05, 0.1) is 0 Å². The second-order valence-electron chi connectivity index (χ2n) is 1.92. The zero-order valence-electron chi connectivity index (χ0n) is 5.29. The second kappa shape index (κ2) is 2.44. The van der Waals surface area contributed by atoms with Crippen molar-refractivity contribution in [1.29, 1.82) is 0 Å². The summed E-state index contributed by atoms with van der Waals surface area (Å²) < 4.78 is 0. The van der Waals surface area contributed by atoms with Gasteiger partial charge in [-0.05, 0) is 6.92 Å². The monoisotopic (exact) mass is 122 g/mol. The van der Waals surface area contributed by atoms with Crippen molar-refractivity contribution in [3.63, 3.8) is 0 Å². The van der Waals surface area contributed by atoms with E-state index in [2.05, 4.69) is 0 Å². The molecule has 0 fully saturated rings. The number of ketones is 1. The summed E-state index contributed by atoms with van der Waals surface area (Å²) in [5, 5.41) is 0. The molecule has 0 unspecified atom stereocenters. The first-order chi connectivity index (χ1) is 4.30. The highest BCUT2D eigenvalue weighted by Gasteiger charge is 1.92. The third-order valence-corrected chi connectivity index (χ3v) is 1.18. The van der Waals surface area contributed by atoms with Gasteiger partial charge in [-0.3, -0.25) is 4.79 Å². The Morgan fingerprint density at radius 3 is 2.22 bits per heavy atom. The van der Waals surface area contributed by atoms with Crippen molar-refractivity contribution in [2.24, 2.45) is 0 Å². The van der Waals surface area contributed by atoms with Crippen LogP contribution in [0.25, 0.3) is 0 Å². The van der Waals surface area contributed by atoms with Crippen LogP contribution in [0.5, 0.6) is 0 Å². The molecule has 9 heavy (non-hydrogen) atoms. The minimum atomic E-state index is 0. The maximum absolute atomic E-state index is 10.6. The fourth-order valence-electron chi connectivity index (χ4n) is 0.673. The van der Waals surface area contributed by atoms with E-state index < -0.39 is 0 Å². The normalized spacial score (nSPS) is 9.00. The zero-order valence-corrected chi connectivity index (χ0v) is 5.29. The predicted molar refractivity (Wildman–Crippen MR) is 38.6 cm³/mol. The van der Waals surface area contributed by atoms with Crippen molar-refractivity contribution in [3.8, 4) is 0 Å². The molecule has 0 spiro atoms. The van der Waals surface area contributed by atoms with Gasteiger partial charge in [-0.25, -0.2) is 0 Å². The van der Waals surface area contributed by atoms with Crippen molar-refractivity contribution in [3.05, 3.63) is 35.9 Å². The Bertz CT molecular complexity index is 206. The third kappa shape index (κ3) is 1.39. The number of hydrogen-bond acceptors (Lipinski definition) is 1. The molecule has 48 valence electrons. The topological polar surface area (TPSA) is 17.1 Å². The van der Waals surface area contributed by atoms with Gasteiger partial charge >= 0.3 is 0 Å². The van der Waals surface area contributed by atoms with Crippen LogP contribution in [0.3, 0.4) is 0 Å². The molecular weight excluding hydrogens is 112 g/mol. The summed E-state index contributed by atoms with van der Waals surface area (Å²) in [7, 11) is 0. The number of Topliss-reactive ketones (excluding diaryl/α,β-unsaturated/α-hetero) is 1. The second-order valence-corrected chi connectivity index (χ2v) is 1.92. The SMILES string of the molecule is CC(=O)c1ccccc1.[HH]. The van der Waals surface area contributed by atoms with E-state index in [1.165, 1.54) is 0 Å². The lowest BCUT2D eigenvalue weighted by Crippen LogP contribution is -1.88. The Balaban J connectivity index is 0.000000810. The fraction of sp³-hybridized carbons (Fsp3) is 0.125. The number of carbonyl (C=O) groups excluding carboxylic acids is 1. The van der Waals surface area contributed by atoms with Crippen LogP contribution in [0.15, 0.2) is 30.3 Å². The standard InChI is InChI=1S/C8H8O.H2/c1-7(9)8-5-3-2-4-6-8;/h2-6H,1H3;1H. The zero-order chi connectivity index (χ0) is 6.69. The molecule has 0 aromatic heterocycles. The molecule has 1 heteroatoms. The quantitative estimate of drug-likeness (QED) is 0.521. The molecule has 0 saturated heterocycles. The van der Waals surface area contributed by atoms with Crippen LogP contribution in [0.4, 0.5) is 0 Å². The van der Waals surface area contributed by atoms with Crippen LogP contribution < -0.4 is 0 Å². The Morgan fingerprint density at radius 1 is 1.33 bits per heavy atom. The molecule has 0 aliphatic heterocycles. The van der Waals surface area contributed by atoms with Gasteiger partial charge in [0.2, 0.25) is 0 Å². The molecule has 1 rings (SSSR count). The van der Waals surface area contributed by atoms with Crippen LogP contribution in [-0.2, 0) is 0 Å². The molecular formula is C8H10O. The van der Waals surface area contributed by atoms with Crippen molar-refractivity contribution >= 4 is 5.78 Å². The minimum Gasteiger partial charge on any atom is -0.295 e. The molecule has 0 atom stereocenters. The minimum absolute atomic E-state index is 0. The van der Waals surface area contributed by atoms with E-state index in [0.717, 1.165) is 5.56 Å². The summed E-state index contributed by atoms with van der Waals surface area (Å²) in [6, 6.07) is 9.23. The summed E-state index contributed by atoms with van der Waals surface area (Å²) in [4.78, 5) is 10.6. The predicted octanol–water partition coefficient (Wildman–Crippen LogP) is 2.14. The fourth-order valence-corrected chi connectivity index (χ4v) is 0.673. The largest absolute Gasteiger partial charge is 0.295 e. The van der Waals surface area contributed by atoms with E-state index >= 15 is 0 Å². The molecule has 1 aromatic rings. The Labute approximate surface area is 55.8 Å². The molecule has 0 aliphatic carbocycles. The van der Waals surface area contributed by atoms with Crippen molar-refractivity contribution in [2.75, 3.05) is 0 Å². The Kier molecular flexibility index (Phi) is 1.63. The molecule has 0 radical (unpaired) electrons. The highest BCUT2D eigenvalue weighted by Crippen LogP contribution is 1.97. The van der Waals surface area contributed by atoms with Crippen molar-refractivity contribution in [1.82, 2.24) is 0 Å². The van der Waals surface area contributed by atoms with Gasteiger partial charge in [0.25, 0.3) is 0 Å². The third-order valence-electron chi connectivity index (χ3n) is 1.18. The number of carbonyl (C=O) groups is 1. The highest BCUT2D eigenvalue weighted by atomic mass is 16.1. The number of benzene rings is 1. The molecule has 0 heterocycles. The Morgan fingerprint density at radius 2 is 1.89 bits per heavy atom. The van der Waals surface area contributed by atoms with Gasteiger partial charge in [-0.2, -0.15) is 0 Å². The van der Waals surface area contributed by atoms with Crippen LogP contribution in [-0.4, -0.2) is 5.78 Å². The van der Waals surface area contributed by atoms with Gasteiger partial charge in [-0.1, -0.05) is 30.3 Å². The summed E-state index contributed by atoms with van der Waals surface area (Å²) >= 11 is 0. The van der Waals surface area contributed by atoms with Crippen LogP contribution >= 0.6 is 0 Å². The van der Waals surface area contributed by atoms with E-state index in [1.807, 2.05) is 30.3 Å². The van der Waals surface area contributed by atoms with Crippen LogP contribution in [0.1, 0.15) is 18.7 Å². The molecule has 0 N–H and O–H groups in total. The average Bonchev–Trinajstić information content (AvgIpc) is 1.90. The summed E-state index contributed by atoms with van der Waals surface area (Å²) in [5.41, 5.74) is 0.775.